The molecule has 0 aliphatic carbocycles. The quantitative estimate of drug-likeness (QED) is 0.673. The SMILES string of the molecule is CC1(C)OB(c2cccc(-c3ccc4ccccc4n3)n2)OC1(C)C. The number of fused-ring (bicyclic) bond motifs is 1. The fourth-order valence-corrected chi connectivity index (χ4v) is 2.90. The van der Waals surface area contributed by atoms with Crippen molar-refractivity contribution in [2.45, 2.75) is 38.9 Å². The predicted molar refractivity (Wildman–Crippen MR) is 101 cm³/mol. The van der Waals surface area contributed by atoms with Crippen LogP contribution >= 0.6 is 0 Å². The molecule has 126 valence electrons. The zero-order chi connectivity index (χ0) is 17.7. The maximum absolute atomic E-state index is 6.11. The van der Waals surface area contributed by atoms with Gasteiger partial charge in [0, 0.05) is 5.39 Å². The molecule has 0 atom stereocenters. The summed E-state index contributed by atoms with van der Waals surface area (Å²) >= 11 is 0. The molecule has 1 saturated heterocycles. The Morgan fingerprint density at radius 2 is 1.40 bits per heavy atom. The lowest BCUT2D eigenvalue weighted by Gasteiger charge is -2.32. The highest BCUT2D eigenvalue weighted by Crippen LogP contribution is 2.36. The molecule has 5 heteroatoms. The zero-order valence-electron chi connectivity index (χ0n) is 15.0. The minimum absolute atomic E-state index is 0.378. The van der Waals surface area contributed by atoms with E-state index in [0.717, 1.165) is 27.9 Å². The van der Waals surface area contributed by atoms with E-state index in [1.807, 2.05) is 70.2 Å². The summed E-state index contributed by atoms with van der Waals surface area (Å²) in [5, 5.41) is 1.12. The average Bonchev–Trinajstić information content (AvgIpc) is 2.82. The molecule has 25 heavy (non-hydrogen) atoms. The molecule has 0 bridgehead atoms. The minimum Gasteiger partial charge on any atom is -0.398 e. The number of para-hydroxylation sites is 1. The maximum atomic E-state index is 6.11. The van der Waals surface area contributed by atoms with Gasteiger partial charge in [-0.05, 0) is 52.0 Å². The van der Waals surface area contributed by atoms with E-state index in [4.69, 9.17) is 19.3 Å². The molecule has 1 aliphatic heterocycles. The number of benzene rings is 1. The molecule has 0 amide bonds. The van der Waals surface area contributed by atoms with E-state index in [2.05, 4.69) is 12.1 Å². The summed E-state index contributed by atoms with van der Waals surface area (Å²) in [5.74, 6) is 0. The van der Waals surface area contributed by atoms with Crippen LogP contribution in [0.1, 0.15) is 27.7 Å². The summed E-state index contributed by atoms with van der Waals surface area (Å²) in [6.07, 6.45) is 0. The van der Waals surface area contributed by atoms with E-state index in [1.165, 1.54) is 0 Å². The van der Waals surface area contributed by atoms with Gasteiger partial charge in [-0.25, -0.2) is 4.98 Å². The largest absolute Gasteiger partial charge is 0.514 e. The second-order valence-corrected chi connectivity index (χ2v) is 7.43. The van der Waals surface area contributed by atoms with Gasteiger partial charge >= 0.3 is 7.12 Å². The molecule has 1 aliphatic rings. The third-order valence-corrected chi connectivity index (χ3v) is 5.13. The molecule has 3 heterocycles. The summed E-state index contributed by atoms with van der Waals surface area (Å²) in [4.78, 5) is 9.48. The van der Waals surface area contributed by atoms with Crippen LogP contribution in [-0.2, 0) is 9.31 Å². The van der Waals surface area contributed by atoms with E-state index < -0.39 is 7.12 Å². The molecule has 2 aromatic heterocycles. The van der Waals surface area contributed by atoms with Crippen LogP contribution in [0, 0.1) is 0 Å². The molecule has 1 aromatic carbocycles. The van der Waals surface area contributed by atoms with Crippen LogP contribution in [-0.4, -0.2) is 28.3 Å². The summed E-state index contributed by atoms with van der Waals surface area (Å²) in [6, 6.07) is 18.0. The summed E-state index contributed by atoms with van der Waals surface area (Å²) in [7, 11) is -0.467. The van der Waals surface area contributed by atoms with E-state index in [-0.39, 0.29) is 11.2 Å². The number of hydrogen-bond donors (Lipinski definition) is 0. The fraction of sp³-hybridized carbons (Fsp3) is 0.300. The number of pyridine rings is 2. The van der Waals surface area contributed by atoms with Crippen LogP contribution < -0.4 is 5.59 Å². The Morgan fingerprint density at radius 3 is 2.16 bits per heavy atom. The van der Waals surface area contributed by atoms with Gasteiger partial charge in [0.05, 0.1) is 33.7 Å². The highest BCUT2D eigenvalue weighted by Gasteiger charge is 2.52. The van der Waals surface area contributed by atoms with Crippen molar-refractivity contribution in [3.8, 4) is 11.4 Å². The van der Waals surface area contributed by atoms with Crippen LogP contribution in [0.5, 0.6) is 0 Å². The Bertz CT molecular complexity index is 924. The fourth-order valence-electron chi connectivity index (χ4n) is 2.90. The van der Waals surface area contributed by atoms with Gasteiger partial charge < -0.3 is 9.31 Å². The molecular formula is C20H21BN2O2. The number of rotatable bonds is 2. The van der Waals surface area contributed by atoms with Crippen LogP contribution in [0.15, 0.2) is 54.6 Å². The topological polar surface area (TPSA) is 44.2 Å². The van der Waals surface area contributed by atoms with Gasteiger partial charge in [-0.3, -0.25) is 4.98 Å². The van der Waals surface area contributed by atoms with Gasteiger partial charge in [-0.15, -0.1) is 0 Å². The van der Waals surface area contributed by atoms with Gasteiger partial charge in [0.25, 0.3) is 0 Å². The zero-order valence-corrected chi connectivity index (χ0v) is 15.0. The third kappa shape index (κ3) is 2.83. The Hall–Kier alpha value is -2.24. The molecule has 0 radical (unpaired) electrons. The standard InChI is InChI=1S/C20H21BN2O2/c1-19(2)20(3,4)25-21(24-19)18-11-7-10-16(23-18)17-13-12-14-8-5-6-9-15(14)22-17/h5-13H,1-4H3. The minimum atomic E-state index is -0.467. The first kappa shape index (κ1) is 16.2. The van der Waals surface area contributed by atoms with E-state index in [1.54, 1.807) is 0 Å². The van der Waals surface area contributed by atoms with Crippen molar-refractivity contribution in [3.63, 3.8) is 0 Å². The van der Waals surface area contributed by atoms with Gasteiger partial charge in [0.15, 0.2) is 0 Å². The number of nitrogens with zero attached hydrogens (tertiary/aromatic N) is 2. The van der Waals surface area contributed by atoms with Gasteiger partial charge in [-0.1, -0.05) is 30.3 Å². The Kier molecular flexibility index (Phi) is 3.67. The van der Waals surface area contributed by atoms with Crippen molar-refractivity contribution in [3.05, 3.63) is 54.6 Å². The summed E-state index contributed by atoms with van der Waals surface area (Å²) in [5.41, 5.74) is 2.64. The summed E-state index contributed by atoms with van der Waals surface area (Å²) in [6.45, 7) is 8.17. The monoisotopic (exact) mass is 332 g/mol. The first-order chi connectivity index (χ1) is 11.9. The summed E-state index contributed by atoms with van der Waals surface area (Å²) < 4.78 is 12.2. The lowest BCUT2D eigenvalue weighted by molar-refractivity contribution is 0.00578. The lowest BCUT2D eigenvalue weighted by Crippen LogP contribution is -2.41. The van der Waals surface area contributed by atoms with Crippen molar-refractivity contribution >= 4 is 23.6 Å². The first-order valence-electron chi connectivity index (χ1n) is 8.54. The highest BCUT2D eigenvalue weighted by atomic mass is 16.7. The van der Waals surface area contributed by atoms with Crippen molar-refractivity contribution in [2.24, 2.45) is 0 Å². The molecule has 0 unspecified atom stereocenters. The van der Waals surface area contributed by atoms with Crippen LogP contribution in [0.2, 0.25) is 0 Å². The second kappa shape index (κ2) is 5.65. The van der Waals surface area contributed by atoms with Gasteiger partial charge in [0.2, 0.25) is 0 Å². The van der Waals surface area contributed by atoms with E-state index >= 15 is 0 Å². The van der Waals surface area contributed by atoms with Crippen LogP contribution in [0.25, 0.3) is 22.3 Å². The highest BCUT2D eigenvalue weighted by molar-refractivity contribution is 6.61. The number of hydrogen-bond acceptors (Lipinski definition) is 4. The molecule has 0 saturated carbocycles. The molecule has 0 N–H and O–H groups in total. The van der Waals surface area contributed by atoms with Crippen LogP contribution in [0.4, 0.5) is 0 Å². The van der Waals surface area contributed by atoms with E-state index in [9.17, 15) is 0 Å². The molecule has 1 fully saturated rings. The van der Waals surface area contributed by atoms with Crippen molar-refractivity contribution in [1.82, 2.24) is 9.97 Å². The second-order valence-electron chi connectivity index (χ2n) is 7.43. The molecule has 4 rings (SSSR count). The average molecular weight is 332 g/mol. The normalized spacial score (nSPS) is 18.6. The van der Waals surface area contributed by atoms with Gasteiger partial charge in [-0.2, -0.15) is 0 Å². The number of aromatic nitrogens is 2. The Morgan fingerprint density at radius 1 is 0.720 bits per heavy atom. The third-order valence-electron chi connectivity index (χ3n) is 5.13. The smallest absolute Gasteiger partial charge is 0.398 e. The van der Waals surface area contributed by atoms with E-state index in [0.29, 0.717) is 0 Å². The Labute approximate surface area is 148 Å². The Balaban J connectivity index is 1.70. The maximum Gasteiger partial charge on any atom is 0.514 e. The van der Waals surface area contributed by atoms with Crippen molar-refractivity contribution in [2.75, 3.05) is 0 Å². The van der Waals surface area contributed by atoms with Crippen molar-refractivity contribution in [1.29, 1.82) is 0 Å². The first-order valence-corrected chi connectivity index (χ1v) is 8.54. The lowest BCUT2D eigenvalue weighted by atomic mass is 9.84. The van der Waals surface area contributed by atoms with Crippen LogP contribution in [0.3, 0.4) is 0 Å². The van der Waals surface area contributed by atoms with Crippen molar-refractivity contribution < 1.29 is 9.31 Å². The molecular weight excluding hydrogens is 311 g/mol. The molecule has 3 aromatic rings. The molecule has 4 nitrogen and oxygen atoms in total. The molecule has 0 spiro atoms. The van der Waals surface area contributed by atoms with Gasteiger partial charge in [0.1, 0.15) is 0 Å². The predicted octanol–water partition coefficient (Wildman–Crippen LogP) is 3.60.